The monoisotopic (exact) mass is 298 g/mol. The van der Waals surface area contributed by atoms with E-state index in [2.05, 4.69) is 44.1 Å². The first-order chi connectivity index (χ1) is 10.3. The van der Waals surface area contributed by atoms with E-state index < -0.39 is 0 Å². The van der Waals surface area contributed by atoms with Crippen molar-refractivity contribution in [3.8, 4) is 0 Å². The van der Waals surface area contributed by atoms with Crippen LogP contribution in [0.4, 0.5) is 0 Å². The van der Waals surface area contributed by atoms with Crippen LogP contribution in [0.5, 0.6) is 0 Å². The first-order valence-corrected chi connectivity index (χ1v) is 7.81. The van der Waals surface area contributed by atoms with Crippen LogP contribution in [0.15, 0.2) is 30.3 Å². The van der Waals surface area contributed by atoms with Gasteiger partial charge in [-0.2, -0.15) is 0 Å². The number of carbonyl (C=O) groups is 1. The molecule has 0 saturated heterocycles. The van der Waals surface area contributed by atoms with E-state index in [1.165, 1.54) is 16.8 Å². The highest BCUT2D eigenvalue weighted by molar-refractivity contribution is 5.94. The summed E-state index contributed by atoms with van der Waals surface area (Å²) in [6.07, 6.45) is 0.849. The largest absolute Gasteiger partial charge is 0.362 e. The Hall–Kier alpha value is -2.03. The van der Waals surface area contributed by atoms with Gasteiger partial charge in [-0.3, -0.25) is 4.79 Å². The first kappa shape index (κ1) is 16.3. The van der Waals surface area contributed by atoms with Crippen molar-refractivity contribution in [3.63, 3.8) is 0 Å². The summed E-state index contributed by atoms with van der Waals surface area (Å²) in [7, 11) is 0. The average molecular weight is 298 g/mol. The first-order valence-electron chi connectivity index (χ1n) is 7.81. The smallest absolute Gasteiger partial charge is 0.251 e. The number of benzene rings is 1. The van der Waals surface area contributed by atoms with Crippen LogP contribution >= 0.6 is 0 Å². The van der Waals surface area contributed by atoms with E-state index >= 15 is 0 Å². The third-order valence-electron chi connectivity index (χ3n) is 3.95. The minimum atomic E-state index is -0.00892. The molecule has 1 aromatic heterocycles. The molecule has 2 aromatic rings. The predicted octanol–water partition coefficient (Wildman–Crippen LogP) is 3.90. The van der Waals surface area contributed by atoms with Gasteiger partial charge in [0.2, 0.25) is 0 Å². The van der Waals surface area contributed by atoms with Crippen molar-refractivity contribution >= 4 is 5.91 Å². The van der Waals surface area contributed by atoms with Gasteiger partial charge in [0.15, 0.2) is 0 Å². The Balaban J connectivity index is 1.91. The molecular weight excluding hydrogens is 272 g/mol. The van der Waals surface area contributed by atoms with Gasteiger partial charge in [-0.05, 0) is 55.0 Å². The number of carbonyl (C=O) groups excluding carboxylic acids is 1. The van der Waals surface area contributed by atoms with Gasteiger partial charge in [-0.25, -0.2) is 0 Å². The van der Waals surface area contributed by atoms with Crippen molar-refractivity contribution in [2.24, 2.45) is 0 Å². The van der Waals surface area contributed by atoms with Gasteiger partial charge < -0.3 is 10.3 Å². The summed E-state index contributed by atoms with van der Waals surface area (Å²) >= 11 is 0. The second-order valence-corrected chi connectivity index (χ2v) is 6.94. The standard InChI is InChI=1S/C19H26N2O/c1-13-12-16(14(2)21-13)10-11-20-18(22)15-6-8-17(9-7-15)19(3,4)5/h6-9,12,21H,10-11H2,1-5H3,(H,20,22). The van der Waals surface area contributed by atoms with Gasteiger partial charge >= 0.3 is 0 Å². The highest BCUT2D eigenvalue weighted by atomic mass is 16.1. The fraction of sp³-hybridized carbons (Fsp3) is 0.421. The molecular formula is C19H26N2O. The summed E-state index contributed by atoms with van der Waals surface area (Å²) in [5.41, 5.74) is 5.68. The van der Waals surface area contributed by atoms with Crippen molar-refractivity contribution in [2.75, 3.05) is 6.54 Å². The number of rotatable bonds is 4. The normalized spacial score (nSPS) is 11.5. The zero-order valence-corrected chi connectivity index (χ0v) is 14.2. The Morgan fingerprint density at radius 3 is 2.27 bits per heavy atom. The molecule has 0 aliphatic carbocycles. The molecule has 22 heavy (non-hydrogen) atoms. The number of aromatic amines is 1. The quantitative estimate of drug-likeness (QED) is 0.883. The fourth-order valence-electron chi connectivity index (χ4n) is 2.58. The Bertz CT molecular complexity index is 645. The van der Waals surface area contributed by atoms with Crippen molar-refractivity contribution in [1.82, 2.24) is 10.3 Å². The molecule has 1 heterocycles. The number of aromatic nitrogens is 1. The van der Waals surface area contributed by atoms with Crippen LogP contribution in [0, 0.1) is 13.8 Å². The molecule has 1 aromatic carbocycles. The van der Waals surface area contributed by atoms with Crippen molar-refractivity contribution in [1.29, 1.82) is 0 Å². The van der Waals surface area contributed by atoms with Crippen LogP contribution in [-0.4, -0.2) is 17.4 Å². The Morgan fingerprint density at radius 1 is 1.14 bits per heavy atom. The van der Waals surface area contributed by atoms with Gasteiger partial charge in [0, 0.05) is 23.5 Å². The van der Waals surface area contributed by atoms with E-state index in [0.29, 0.717) is 6.54 Å². The van der Waals surface area contributed by atoms with Crippen molar-refractivity contribution in [3.05, 3.63) is 58.4 Å². The number of hydrogen-bond acceptors (Lipinski definition) is 1. The maximum Gasteiger partial charge on any atom is 0.251 e. The lowest BCUT2D eigenvalue weighted by Crippen LogP contribution is -2.25. The molecule has 0 radical (unpaired) electrons. The minimum Gasteiger partial charge on any atom is -0.362 e. The maximum absolute atomic E-state index is 12.2. The van der Waals surface area contributed by atoms with Crippen LogP contribution in [0.2, 0.25) is 0 Å². The molecule has 0 aliphatic rings. The lowest BCUT2D eigenvalue weighted by atomic mass is 9.87. The number of aryl methyl sites for hydroxylation is 2. The predicted molar refractivity (Wildman–Crippen MR) is 91.4 cm³/mol. The van der Waals surface area contributed by atoms with Crippen LogP contribution in [0.1, 0.15) is 53.6 Å². The topological polar surface area (TPSA) is 44.9 Å². The van der Waals surface area contributed by atoms with Crippen LogP contribution in [-0.2, 0) is 11.8 Å². The second-order valence-electron chi connectivity index (χ2n) is 6.94. The van der Waals surface area contributed by atoms with Crippen LogP contribution in [0.3, 0.4) is 0 Å². The molecule has 3 nitrogen and oxygen atoms in total. The number of amides is 1. The fourth-order valence-corrected chi connectivity index (χ4v) is 2.58. The molecule has 0 fully saturated rings. The summed E-state index contributed by atoms with van der Waals surface area (Å²) in [5.74, 6) is -0.00892. The molecule has 0 spiro atoms. The highest BCUT2D eigenvalue weighted by Crippen LogP contribution is 2.22. The number of hydrogen-bond donors (Lipinski definition) is 2. The van der Waals surface area contributed by atoms with Gasteiger partial charge in [0.1, 0.15) is 0 Å². The summed E-state index contributed by atoms with van der Waals surface area (Å²) in [5, 5.41) is 2.99. The lowest BCUT2D eigenvalue weighted by molar-refractivity contribution is 0.0954. The van der Waals surface area contributed by atoms with E-state index in [4.69, 9.17) is 0 Å². The van der Waals surface area contributed by atoms with Gasteiger partial charge in [-0.15, -0.1) is 0 Å². The van der Waals surface area contributed by atoms with E-state index in [0.717, 1.165) is 17.7 Å². The average Bonchev–Trinajstić information content (AvgIpc) is 2.76. The molecule has 3 heteroatoms. The third kappa shape index (κ3) is 4.00. The van der Waals surface area contributed by atoms with E-state index in [1.807, 2.05) is 31.2 Å². The van der Waals surface area contributed by atoms with Crippen LogP contribution < -0.4 is 5.32 Å². The lowest BCUT2D eigenvalue weighted by Gasteiger charge is -2.19. The van der Waals surface area contributed by atoms with Gasteiger partial charge in [-0.1, -0.05) is 32.9 Å². The number of nitrogens with one attached hydrogen (secondary N) is 2. The van der Waals surface area contributed by atoms with Gasteiger partial charge in [0.25, 0.3) is 5.91 Å². The highest BCUT2D eigenvalue weighted by Gasteiger charge is 2.14. The third-order valence-corrected chi connectivity index (χ3v) is 3.95. The summed E-state index contributed by atoms with van der Waals surface area (Å²) in [4.78, 5) is 15.5. The number of H-pyrrole nitrogens is 1. The molecule has 0 unspecified atom stereocenters. The summed E-state index contributed by atoms with van der Waals surface area (Å²) < 4.78 is 0. The van der Waals surface area contributed by atoms with Crippen molar-refractivity contribution in [2.45, 2.75) is 46.5 Å². The zero-order valence-electron chi connectivity index (χ0n) is 14.2. The molecule has 0 atom stereocenters. The SMILES string of the molecule is Cc1cc(CCNC(=O)c2ccc(C(C)(C)C)cc2)c(C)[nH]1. The molecule has 0 saturated carbocycles. The Kier molecular flexibility index (Phi) is 4.74. The van der Waals surface area contributed by atoms with Crippen molar-refractivity contribution < 1.29 is 4.79 Å². The molecule has 118 valence electrons. The van der Waals surface area contributed by atoms with E-state index in [9.17, 15) is 4.79 Å². The van der Waals surface area contributed by atoms with Crippen LogP contribution in [0.25, 0.3) is 0 Å². The molecule has 2 N–H and O–H groups in total. The second kappa shape index (κ2) is 6.39. The Morgan fingerprint density at radius 2 is 1.77 bits per heavy atom. The minimum absolute atomic E-state index is 0.00892. The Labute approximate surface area is 133 Å². The molecule has 1 amide bonds. The summed E-state index contributed by atoms with van der Waals surface area (Å²) in [6, 6.07) is 10.0. The van der Waals surface area contributed by atoms with Gasteiger partial charge in [0.05, 0.1) is 0 Å². The molecule has 2 rings (SSSR count). The van der Waals surface area contributed by atoms with E-state index in [-0.39, 0.29) is 11.3 Å². The van der Waals surface area contributed by atoms with E-state index in [1.54, 1.807) is 0 Å². The molecule has 0 bridgehead atoms. The summed E-state index contributed by atoms with van der Waals surface area (Å²) in [6.45, 7) is 11.3. The molecule has 0 aliphatic heterocycles. The zero-order chi connectivity index (χ0) is 16.3. The maximum atomic E-state index is 12.2.